The summed E-state index contributed by atoms with van der Waals surface area (Å²) >= 11 is 0. The van der Waals surface area contributed by atoms with E-state index in [-0.39, 0.29) is 17.5 Å². The standard InChI is InChI=1S/C23H22FN3O4/c1-14-19(15(2)31-26-14)13-30-18-8-5-16(6-9-18)23(29)25-17-7-10-21(20(24)12-17)27-11-3-4-22(27)28/h5-10,12H,3-4,11,13H2,1-2H3,(H,25,29). The van der Waals surface area contributed by atoms with Crippen molar-refractivity contribution in [1.82, 2.24) is 5.16 Å². The second-order valence-corrected chi connectivity index (χ2v) is 7.39. The van der Waals surface area contributed by atoms with E-state index in [1.165, 1.54) is 17.0 Å². The number of hydrogen-bond donors (Lipinski definition) is 1. The summed E-state index contributed by atoms with van der Waals surface area (Å²) in [5.41, 5.74) is 2.63. The van der Waals surface area contributed by atoms with E-state index in [2.05, 4.69) is 10.5 Å². The van der Waals surface area contributed by atoms with Crippen molar-refractivity contribution in [3.8, 4) is 5.75 Å². The van der Waals surface area contributed by atoms with Crippen molar-refractivity contribution >= 4 is 23.2 Å². The van der Waals surface area contributed by atoms with Crippen LogP contribution in [0.5, 0.6) is 5.75 Å². The summed E-state index contributed by atoms with van der Waals surface area (Å²) in [7, 11) is 0. The van der Waals surface area contributed by atoms with Gasteiger partial charge in [-0.15, -0.1) is 0 Å². The first kappa shape index (κ1) is 20.6. The minimum Gasteiger partial charge on any atom is -0.489 e. The van der Waals surface area contributed by atoms with Gasteiger partial charge in [0.25, 0.3) is 5.91 Å². The van der Waals surface area contributed by atoms with E-state index in [1.54, 1.807) is 30.3 Å². The van der Waals surface area contributed by atoms with Crippen LogP contribution in [-0.2, 0) is 11.4 Å². The van der Waals surface area contributed by atoms with Crippen LogP contribution < -0.4 is 15.0 Å². The third-order valence-corrected chi connectivity index (χ3v) is 5.25. The molecule has 2 aromatic carbocycles. The number of nitrogens with zero attached hydrogens (tertiary/aromatic N) is 2. The Bertz CT molecular complexity index is 1100. The number of nitrogens with one attached hydrogen (secondary N) is 1. The fourth-order valence-electron chi connectivity index (χ4n) is 3.48. The molecule has 1 N–H and O–H groups in total. The zero-order chi connectivity index (χ0) is 22.0. The Morgan fingerprint density at radius 2 is 2.00 bits per heavy atom. The molecule has 0 bridgehead atoms. The molecule has 1 aromatic heterocycles. The summed E-state index contributed by atoms with van der Waals surface area (Å²) in [6.45, 7) is 4.50. The molecule has 0 radical (unpaired) electrons. The van der Waals surface area contributed by atoms with E-state index in [1.807, 2.05) is 13.8 Å². The van der Waals surface area contributed by atoms with Crippen LogP contribution in [0.1, 0.15) is 40.2 Å². The van der Waals surface area contributed by atoms with Gasteiger partial charge in [0.1, 0.15) is 23.9 Å². The van der Waals surface area contributed by atoms with Crippen molar-refractivity contribution in [2.75, 3.05) is 16.8 Å². The van der Waals surface area contributed by atoms with Gasteiger partial charge in [0.05, 0.1) is 16.9 Å². The van der Waals surface area contributed by atoms with Crippen LogP contribution in [0, 0.1) is 19.7 Å². The molecule has 2 amide bonds. The minimum absolute atomic E-state index is 0.0904. The number of benzene rings is 2. The molecule has 1 aliphatic heterocycles. The first-order valence-corrected chi connectivity index (χ1v) is 9.98. The van der Waals surface area contributed by atoms with Crippen LogP contribution >= 0.6 is 0 Å². The van der Waals surface area contributed by atoms with Crippen LogP contribution in [0.15, 0.2) is 47.0 Å². The number of aromatic nitrogens is 1. The van der Waals surface area contributed by atoms with E-state index in [0.29, 0.717) is 48.8 Å². The van der Waals surface area contributed by atoms with Gasteiger partial charge in [-0.2, -0.15) is 0 Å². The highest BCUT2D eigenvalue weighted by atomic mass is 19.1. The zero-order valence-corrected chi connectivity index (χ0v) is 17.3. The lowest BCUT2D eigenvalue weighted by atomic mass is 10.2. The van der Waals surface area contributed by atoms with Gasteiger partial charge >= 0.3 is 0 Å². The quantitative estimate of drug-likeness (QED) is 0.636. The third kappa shape index (κ3) is 4.42. The fourth-order valence-corrected chi connectivity index (χ4v) is 3.48. The molecular formula is C23H22FN3O4. The highest BCUT2D eigenvalue weighted by molar-refractivity contribution is 6.04. The summed E-state index contributed by atoms with van der Waals surface area (Å²) in [4.78, 5) is 25.8. The number of anilines is 2. The molecule has 2 heterocycles. The molecule has 0 unspecified atom stereocenters. The molecule has 4 rings (SSSR count). The molecule has 0 atom stereocenters. The summed E-state index contributed by atoms with van der Waals surface area (Å²) in [6, 6.07) is 11.0. The van der Waals surface area contributed by atoms with E-state index in [0.717, 1.165) is 11.3 Å². The Morgan fingerprint density at radius 3 is 2.61 bits per heavy atom. The predicted octanol–water partition coefficient (Wildman–Crippen LogP) is 4.39. The second-order valence-electron chi connectivity index (χ2n) is 7.39. The highest BCUT2D eigenvalue weighted by Crippen LogP contribution is 2.27. The van der Waals surface area contributed by atoms with Gasteiger partial charge < -0.3 is 19.5 Å². The average molecular weight is 423 g/mol. The largest absolute Gasteiger partial charge is 0.489 e. The van der Waals surface area contributed by atoms with Crippen molar-refractivity contribution in [2.45, 2.75) is 33.3 Å². The van der Waals surface area contributed by atoms with Crippen molar-refractivity contribution in [1.29, 1.82) is 0 Å². The Balaban J connectivity index is 1.38. The topological polar surface area (TPSA) is 84.7 Å². The van der Waals surface area contributed by atoms with Crippen LogP contribution in [0.3, 0.4) is 0 Å². The molecule has 0 spiro atoms. The van der Waals surface area contributed by atoms with E-state index in [4.69, 9.17) is 9.26 Å². The normalized spacial score (nSPS) is 13.5. The highest BCUT2D eigenvalue weighted by Gasteiger charge is 2.24. The fraction of sp³-hybridized carbons (Fsp3) is 0.261. The summed E-state index contributed by atoms with van der Waals surface area (Å²) < 4.78 is 25.3. The van der Waals surface area contributed by atoms with E-state index < -0.39 is 5.82 Å². The monoisotopic (exact) mass is 423 g/mol. The SMILES string of the molecule is Cc1noc(C)c1COc1ccc(C(=O)Nc2ccc(N3CCCC3=O)c(F)c2)cc1. The molecule has 160 valence electrons. The molecule has 8 heteroatoms. The molecule has 0 aliphatic carbocycles. The molecule has 31 heavy (non-hydrogen) atoms. The number of hydrogen-bond acceptors (Lipinski definition) is 5. The zero-order valence-electron chi connectivity index (χ0n) is 17.3. The number of carbonyl (C=O) groups excluding carboxylic acids is 2. The van der Waals surface area contributed by atoms with E-state index >= 15 is 0 Å². The lowest BCUT2D eigenvalue weighted by Crippen LogP contribution is -2.24. The number of ether oxygens (including phenoxy) is 1. The number of halogens is 1. The Hall–Kier alpha value is -3.68. The third-order valence-electron chi connectivity index (χ3n) is 5.25. The first-order chi connectivity index (χ1) is 14.9. The van der Waals surface area contributed by atoms with Crippen molar-refractivity contribution in [2.24, 2.45) is 0 Å². The lowest BCUT2D eigenvalue weighted by Gasteiger charge is -2.17. The maximum absolute atomic E-state index is 14.5. The van der Waals surface area contributed by atoms with Crippen molar-refractivity contribution in [3.63, 3.8) is 0 Å². The smallest absolute Gasteiger partial charge is 0.255 e. The molecule has 1 saturated heterocycles. The Morgan fingerprint density at radius 1 is 1.23 bits per heavy atom. The van der Waals surface area contributed by atoms with Gasteiger partial charge in [-0.1, -0.05) is 5.16 Å². The number of aryl methyl sites for hydroxylation is 2. The Labute approximate surface area is 178 Å². The van der Waals surface area contributed by atoms with Gasteiger partial charge in [-0.05, 0) is 62.7 Å². The van der Waals surface area contributed by atoms with Crippen molar-refractivity contribution in [3.05, 3.63) is 70.9 Å². The van der Waals surface area contributed by atoms with Crippen LogP contribution in [0.2, 0.25) is 0 Å². The maximum Gasteiger partial charge on any atom is 0.255 e. The van der Waals surface area contributed by atoms with Crippen LogP contribution in [0.25, 0.3) is 0 Å². The summed E-state index contributed by atoms with van der Waals surface area (Å²) in [5, 5.41) is 6.56. The van der Waals surface area contributed by atoms with Crippen LogP contribution in [0.4, 0.5) is 15.8 Å². The minimum atomic E-state index is -0.545. The van der Waals surface area contributed by atoms with Gasteiger partial charge in [0.15, 0.2) is 0 Å². The average Bonchev–Trinajstić information content (AvgIpc) is 3.32. The number of amides is 2. The summed E-state index contributed by atoms with van der Waals surface area (Å²) in [6.07, 6.45) is 1.14. The summed E-state index contributed by atoms with van der Waals surface area (Å²) in [5.74, 6) is 0.299. The second kappa shape index (κ2) is 8.59. The van der Waals surface area contributed by atoms with Gasteiger partial charge in [-0.25, -0.2) is 4.39 Å². The van der Waals surface area contributed by atoms with E-state index in [9.17, 15) is 14.0 Å². The molecule has 1 fully saturated rings. The number of carbonyl (C=O) groups is 2. The van der Waals surface area contributed by atoms with Crippen molar-refractivity contribution < 1.29 is 23.2 Å². The first-order valence-electron chi connectivity index (χ1n) is 9.98. The predicted molar refractivity (Wildman–Crippen MR) is 113 cm³/mol. The molecular weight excluding hydrogens is 401 g/mol. The lowest BCUT2D eigenvalue weighted by molar-refractivity contribution is -0.117. The molecule has 3 aromatic rings. The molecule has 1 aliphatic rings. The van der Waals surface area contributed by atoms with Crippen LogP contribution in [-0.4, -0.2) is 23.5 Å². The maximum atomic E-state index is 14.5. The Kier molecular flexibility index (Phi) is 5.70. The van der Waals surface area contributed by atoms with Gasteiger partial charge in [0, 0.05) is 24.2 Å². The van der Waals surface area contributed by atoms with Gasteiger partial charge in [-0.3, -0.25) is 9.59 Å². The number of rotatable bonds is 6. The molecule has 0 saturated carbocycles. The van der Waals surface area contributed by atoms with Gasteiger partial charge in [0.2, 0.25) is 5.91 Å². The molecule has 7 nitrogen and oxygen atoms in total.